The number of benzene rings is 2. The molecule has 0 aliphatic rings. The quantitative estimate of drug-likeness (QED) is 0.448. The van der Waals surface area contributed by atoms with Crippen LogP contribution in [0.5, 0.6) is 0 Å². The highest BCUT2D eigenvalue weighted by molar-refractivity contribution is 5.28. The molecule has 4 nitrogen and oxygen atoms in total. The Bertz CT molecular complexity index is 658. The van der Waals surface area contributed by atoms with Crippen LogP contribution in [0.1, 0.15) is 31.0 Å². The average molecular weight is 339 g/mol. The van der Waals surface area contributed by atoms with Gasteiger partial charge in [-0.2, -0.15) is 5.06 Å². The van der Waals surface area contributed by atoms with E-state index in [2.05, 4.69) is 11.8 Å². The van der Waals surface area contributed by atoms with Crippen LogP contribution < -0.4 is 0 Å². The van der Waals surface area contributed by atoms with Gasteiger partial charge in [0.2, 0.25) is 6.29 Å². The molecule has 0 amide bonds. The molecule has 0 aromatic heterocycles. The summed E-state index contributed by atoms with van der Waals surface area (Å²) in [4.78, 5) is 0. The SMILES string of the molecule is CCOC(C#CC(c1ccccc1)N(O)Cc1ccccc1)OCC. The Labute approximate surface area is 150 Å². The van der Waals surface area contributed by atoms with Gasteiger partial charge in [0.1, 0.15) is 6.04 Å². The second kappa shape index (κ2) is 10.7. The van der Waals surface area contributed by atoms with Crippen LogP contribution in [0.15, 0.2) is 60.7 Å². The molecule has 0 fully saturated rings. The summed E-state index contributed by atoms with van der Waals surface area (Å²) in [5, 5.41) is 11.9. The van der Waals surface area contributed by atoms with Gasteiger partial charge in [0.05, 0.1) is 6.54 Å². The highest BCUT2D eigenvalue weighted by Crippen LogP contribution is 2.20. The topological polar surface area (TPSA) is 41.9 Å². The van der Waals surface area contributed by atoms with Gasteiger partial charge in [-0.3, -0.25) is 0 Å². The molecule has 0 spiro atoms. The zero-order chi connectivity index (χ0) is 17.9. The third kappa shape index (κ3) is 6.33. The van der Waals surface area contributed by atoms with E-state index < -0.39 is 12.3 Å². The number of hydrogen-bond donors (Lipinski definition) is 1. The van der Waals surface area contributed by atoms with Crippen LogP contribution in [-0.4, -0.2) is 29.8 Å². The van der Waals surface area contributed by atoms with Crippen molar-refractivity contribution in [1.82, 2.24) is 5.06 Å². The van der Waals surface area contributed by atoms with E-state index in [0.717, 1.165) is 11.1 Å². The van der Waals surface area contributed by atoms with Crippen molar-refractivity contribution in [3.05, 3.63) is 71.8 Å². The largest absolute Gasteiger partial charge is 0.342 e. The Hall–Kier alpha value is -2.16. The van der Waals surface area contributed by atoms with Crippen LogP contribution in [0.3, 0.4) is 0 Å². The van der Waals surface area contributed by atoms with Gasteiger partial charge < -0.3 is 14.7 Å². The van der Waals surface area contributed by atoms with Gasteiger partial charge in [-0.25, -0.2) is 0 Å². The fourth-order valence-electron chi connectivity index (χ4n) is 2.41. The van der Waals surface area contributed by atoms with Gasteiger partial charge in [-0.15, -0.1) is 0 Å². The third-order valence-electron chi connectivity index (χ3n) is 3.57. The van der Waals surface area contributed by atoms with Crippen LogP contribution in [0.4, 0.5) is 0 Å². The number of rotatable bonds is 8. The summed E-state index contributed by atoms with van der Waals surface area (Å²) in [5.41, 5.74) is 1.93. The lowest BCUT2D eigenvalue weighted by Crippen LogP contribution is -2.24. The van der Waals surface area contributed by atoms with Gasteiger partial charge in [0.25, 0.3) is 0 Å². The van der Waals surface area contributed by atoms with Crippen molar-refractivity contribution in [3.63, 3.8) is 0 Å². The van der Waals surface area contributed by atoms with E-state index in [1.807, 2.05) is 74.5 Å². The monoisotopic (exact) mass is 339 g/mol. The van der Waals surface area contributed by atoms with E-state index in [0.29, 0.717) is 19.8 Å². The van der Waals surface area contributed by atoms with Gasteiger partial charge in [-0.1, -0.05) is 66.6 Å². The van der Waals surface area contributed by atoms with Crippen molar-refractivity contribution in [3.8, 4) is 11.8 Å². The average Bonchev–Trinajstić information content (AvgIpc) is 2.64. The molecule has 0 saturated carbocycles. The summed E-state index contributed by atoms with van der Waals surface area (Å²) in [6.45, 7) is 5.21. The Balaban J connectivity index is 2.21. The Morgan fingerprint density at radius 1 is 0.880 bits per heavy atom. The minimum absolute atomic E-state index is 0.378. The summed E-state index contributed by atoms with van der Waals surface area (Å²) >= 11 is 0. The Morgan fingerprint density at radius 3 is 2.00 bits per heavy atom. The van der Waals surface area contributed by atoms with Gasteiger partial charge in [0.15, 0.2) is 0 Å². The maximum absolute atomic E-state index is 10.6. The molecule has 2 aromatic rings. The molecule has 4 heteroatoms. The van der Waals surface area contributed by atoms with E-state index in [-0.39, 0.29) is 0 Å². The summed E-state index contributed by atoms with van der Waals surface area (Å²) in [6.07, 6.45) is -0.591. The molecule has 132 valence electrons. The summed E-state index contributed by atoms with van der Waals surface area (Å²) in [7, 11) is 0. The predicted molar refractivity (Wildman–Crippen MR) is 97.8 cm³/mol. The lowest BCUT2D eigenvalue weighted by Gasteiger charge is -2.22. The van der Waals surface area contributed by atoms with Crippen molar-refractivity contribution in [2.45, 2.75) is 32.7 Å². The van der Waals surface area contributed by atoms with Crippen molar-refractivity contribution < 1.29 is 14.7 Å². The smallest absolute Gasteiger partial charge is 0.222 e. The highest BCUT2D eigenvalue weighted by Gasteiger charge is 2.17. The number of hydroxylamine groups is 2. The van der Waals surface area contributed by atoms with E-state index >= 15 is 0 Å². The minimum atomic E-state index is -0.591. The molecule has 1 atom stereocenters. The summed E-state index contributed by atoms with van der Waals surface area (Å²) in [6, 6.07) is 19.0. The zero-order valence-electron chi connectivity index (χ0n) is 14.8. The summed E-state index contributed by atoms with van der Waals surface area (Å²) in [5.74, 6) is 6.09. The van der Waals surface area contributed by atoms with E-state index in [1.165, 1.54) is 5.06 Å². The normalized spacial score (nSPS) is 12.0. The first kappa shape index (κ1) is 19.2. The molecule has 2 rings (SSSR count). The maximum atomic E-state index is 10.6. The van der Waals surface area contributed by atoms with Crippen molar-refractivity contribution in [2.75, 3.05) is 13.2 Å². The first-order valence-corrected chi connectivity index (χ1v) is 8.53. The zero-order valence-corrected chi connectivity index (χ0v) is 14.8. The molecular formula is C21H25NO3. The Morgan fingerprint density at radius 2 is 1.44 bits per heavy atom. The second-order valence-corrected chi connectivity index (χ2v) is 5.43. The Kier molecular flexibility index (Phi) is 8.17. The van der Waals surface area contributed by atoms with Crippen LogP contribution in [-0.2, 0) is 16.0 Å². The highest BCUT2D eigenvalue weighted by atomic mass is 16.7. The molecular weight excluding hydrogens is 314 g/mol. The van der Waals surface area contributed by atoms with E-state index in [4.69, 9.17) is 9.47 Å². The molecule has 1 N–H and O–H groups in total. The van der Waals surface area contributed by atoms with Crippen molar-refractivity contribution in [1.29, 1.82) is 0 Å². The number of hydrogen-bond acceptors (Lipinski definition) is 4. The van der Waals surface area contributed by atoms with E-state index in [1.54, 1.807) is 0 Å². The molecule has 2 aromatic carbocycles. The van der Waals surface area contributed by atoms with Crippen LogP contribution in [0.25, 0.3) is 0 Å². The van der Waals surface area contributed by atoms with Crippen molar-refractivity contribution >= 4 is 0 Å². The van der Waals surface area contributed by atoms with Crippen LogP contribution in [0.2, 0.25) is 0 Å². The molecule has 0 saturated heterocycles. The number of ether oxygens (including phenoxy) is 2. The van der Waals surface area contributed by atoms with Gasteiger partial charge in [-0.05, 0) is 30.9 Å². The lowest BCUT2D eigenvalue weighted by atomic mass is 10.1. The molecule has 25 heavy (non-hydrogen) atoms. The minimum Gasteiger partial charge on any atom is -0.342 e. The standard InChI is InChI=1S/C21H25NO3/c1-3-24-21(25-4-2)16-15-20(19-13-9-6-10-14-19)22(23)17-18-11-7-5-8-12-18/h5-14,20-21,23H,3-4,17H2,1-2H3. The molecule has 0 aliphatic carbocycles. The fourth-order valence-corrected chi connectivity index (χ4v) is 2.41. The second-order valence-electron chi connectivity index (χ2n) is 5.43. The molecule has 1 unspecified atom stereocenters. The van der Waals surface area contributed by atoms with Gasteiger partial charge in [0, 0.05) is 13.2 Å². The first-order valence-electron chi connectivity index (χ1n) is 8.53. The molecule has 0 aliphatic heterocycles. The van der Waals surface area contributed by atoms with Crippen molar-refractivity contribution in [2.24, 2.45) is 0 Å². The molecule has 0 bridgehead atoms. The molecule has 0 heterocycles. The van der Waals surface area contributed by atoms with Crippen LogP contribution >= 0.6 is 0 Å². The third-order valence-corrected chi connectivity index (χ3v) is 3.57. The van der Waals surface area contributed by atoms with Gasteiger partial charge >= 0.3 is 0 Å². The predicted octanol–water partition coefficient (Wildman–Crippen LogP) is 4.02. The van der Waals surface area contributed by atoms with E-state index in [9.17, 15) is 5.21 Å². The molecule has 0 radical (unpaired) electrons. The lowest BCUT2D eigenvalue weighted by molar-refractivity contribution is -0.122. The fraction of sp³-hybridized carbons (Fsp3) is 0.333. The number of nitrogens with zero attached hydrogens (tertiary/aromatic N) is 1. The van der Waals surface area contributed by atoms with Crippen LogP contribution in [0, 0.1) is 11.8 Å². The maximum Gasteiger partial charge on any atom is 0.222 e. The first-order chi connectivity index (χ1) is 12.2. The summed E-state index contributed by atoms with van der Waals surface area (Å²) < 4.78 is 10.9.